The van der Waals surface area contributed by atoms with Crippen LogP contribution in [0.1, 0.15) is 17.0 Å². The summed E-state index contributed by atoms with van der Waals surface area (Å²) in [7, 11) is 3.21. The Morgan fingerprint density at radius 2 is 1.73 bits per heavy atom. The van der Waals surface area contributed by atoms with Crippen LogP contribution in [0.2, 0.25) is 0 Å². The van der Waals surface area contributed by atoms with E-state index in [4.69, 9.17) is 14.2 Å². The van der Waals surface area contributed by atoms with Gasteiger partial charge in [-0.1, -0.05) is 6.07 Å². The molecule has 1 atom stereocenters. The van der Waals surface area contributed by atoms with Crippen molar-refractivity contribution < 1.29 is 24.4 Å². The molecular formula is C17H18O5. The number of methoxy groups -OCH3 is 2. The van der Waals surface area contributed by atoms with Crippen LogP contribution in [-0.4, -0.2) is 31.0 Å². The van der Waals surface area contributed by atoms with Crippen LogP contribution in [0.25, 0.3) is 0 Å². The molecule has 2 aromatic rings. The monoisotopic (exact) mass is 302 g/mol. The van der Waals surface area contributed by atoms with Crippen molar-refractivity contribution in [1.29, 1.82) is 0 Å². The maximum absolute atomic E-state index is 9.64. The van der Waals surface area contributed by atoms with Crippen molar-refractivity contribution in [3.05, 3.63) is 41.5 Å². The van der Waals surface area contributed by atoms with Gasteiger partial charge in [-0.15, -0.1) is 0 Å². The molecule has 0 fully saturated rings. The van der Waals surface area contributed by atoms with Crippen molar-refractivity contribution in [2.24, 2.45) is 0 Å². The second-order valence-corrected chi connectivity index (χ2v) is 5.28. The molecule has 1 aliphatic rings. The molecule has 0 bridgehead atoms. The first kappa shape index (κ1) is 14.4. The fraction of sp³-hybridized carbons (Fsp3) is 0.294. The van der Waals surface area contributed by atoms with Crippen LogP contribution in [0.3, 0.4) is 0 Å². The molecule has 0 spiro atoms. The second-order valence-electron chi connectivity index (χ2n) is 5.28. The molecule has 5 heteroatoms. The van der Waals surface area contributed by atoms with Crippen LogP contribution < -0.4 is 14.2 Å². The van der Waals surface area contributed by atoms with Gasteiger partial charge >= 0.3 is 0 Å². The van der Waals surface area contributed by atoms with Crippen LogP contribution in [-0.2, 0) is 6.42 Å². The van der Waals surface area contributed by atoms with Crippen LogP contribution in [0.4, 0.5) is 0 Å². The topological polar surface area (TPSA) is 68.2 Å². The minimum atomic E-state index is -0.164. The lowest BCUT2D eigenvalue weighted by molar-refractivity contribution is 0.259. The number of phenolic OH excluding ortho intramolecular Hbond substituents is 2. The quantitative estimate of drug-likeness (QED) is 0.853. The van der Waals surface area contributed by atoms with Gasteiger partial charge < -0.3 is 24.4 Å². The summed E-state index contributed by atoms with van der Waals surface area (Å²) in [4.78, 5) is 0. The van der Waals surface area contributed by atoms with Crippen molar-refractivity contribution in [3.63, 3.8) is 0 Å². The number of ether oxygens (including phenoxy) is 3. The average molecular weight is 302 g/mol. The molecule has 5 nitrogen and oxygen atoms in total. The summed E-state index contributed by atoms with van der Waals surface area (Å²) in [5.74, 6) is 1.84. The smallest absolute Gasteiger partial charge is 0.161 e. The van der Waals surface area contributed by atoms with Crippen molar-refractivity contribution >= 4 is 0 Å². The first-order valence-corrected chi connectivity index (χ1v) is 7.02. The van der Waals surface area contributed by atoms with Crippen molar-refractivity contribution in [2.45, 2.75) is 12.3 Å². The number of benzene rings is 2. The van der Waals surface area contributed by atoms with E-state index < -0.39 is 0 Å². The highest BCUT2D eigenvalue weighted by Gasteiger charge is 2.24. The summed E-state index contributed by atoms with van der Waals surface area (Å²) < 4.78 is 16.3. The van der Waals surface area contributed by atoms with Gasteiger partial charge in [0.2, 0.25) is 0 Å². The lowest BCUT2D eigenvalue weighted by atomic mass is 9.90. The molecule has 2 aromatic carbocycles. The molecule has 116 valence electrons. The molecule has 2 N–H and O–H groups in total. The van der Waals surface area contributed by atoms with Crippen molar-refractivity contribution in [3.8, 4) is 28.7 Å². The highest BCUT2D eigenvalue weighted by atomic mass is 16.5. The zero-order chi connectivity index (χ0) is 15.7. The number of hydrogen-bond donors (Lipinski definition) is 2. The van der Waals surface area contributed by atoms with E-state index in [2.05, 4.69) is 0 Å². The molecule has 0 aromatic heterocycles. The third-order valence-corrected chi connectivity index (χ3v) is 3.94. The Labute approximate surface area is 128 Å². The SMILES string of the molecule is COc1ccc([C@H]2COc3cc(O)c(O)cc3C2)cc1OC. The van der Waals surface area contributed by atoms with E-state index in [9.17, 15) is 10.2 Å². The van der Waals surface area contributed by atoms with Crippen LogP contribution in [0, 0.1) is 0 Å². The Morgan fingerprint density at radius 3 is 2.45 bits per heavy atom. The molecule has 0 saturated heterocycles. The fourth-order valence-corrected chi connectivity index (χ4v) is 2.73. The largest absolute Gasteiger partial charge is 0.504 e. The van der Waals surface area contributed by atoms with Gasteiger partial charge in [0, 0.05) is 12.0 Å². The van der Waals surface area contributed by atoms with E-state index in [0.29, 0.717) is 23.9 Å². The maximum Gasteiger partial charge on any atom is 0.161 e. The van der Waals surface area contributed by atoms with E-state index in [1.54, 1.807) is 20.3 Å². The van der Waals surface area contributed by atoms with Gasteiger partial charge in [0.15, 0.2) is 23.0 Å². The minimum Gasteiger partial charge on any atom is -0.504 e. The van der Waals surface area contributed by atoms with Gasteiger partial charge in [-0.05, 0) is 35.7 Å². The minimum absolute atomic E-state index is 0.129. The number of hydrogen-bond acceptors (Lipinski definition) is 5. The van der Waals surface area contributed by atoms with Crippen molar-refractivity contribution in [1.82, 2.24) is 0 Å². The summed E-state index contributed by atoms with van der Waals surface area (Å²) in [6.45, 7) is 0.507. The van der Waals surface area contributed by atoms with Gasteiger partial charge in [0.25, 0.3) is 0 Å². The number of fused-ring (bicyclic) bond motifs is 1. The third kappa shape index (κ3) is 2.50. The number of rotatable bonds is 3. The Kier molecular flexibility index (Phi) is 3.71. The molecule has 3 rings (SSSR count). The van der Waals surface area contributed by atoms with Crippen LogP contribution in [0.5, 0.6) is 28.7 Å². The van der Waals surface area contributed by atoms with E-state index in [-0.39, 0.29) is 17.4 Å². The molecule has 1 heterocycles. The van der Waals surface area contributed by atoms with Gasteiger partial charge in [0.1, 0.15) is 5.75 Å². The zero-order valence-electron chi connectivity index (χ0n) is 12.5. The van der Waals surface area contributed by atoms with E-state index in [1.165, 1.54) is 6.07 Å². The summed E-state index contributed by atoms with van der Waals surface area (Å²) in [5, 5.41) is 19.2. The Balaban J connectivity index is 1.89. The normalized spacial score (nSPS) is 16.5. The van der Waals surface area contributed by atoms with Gasteiger partial charge in [-0.3, -0.25) is 0 Å². The van der Waals surface area contributed by atoms with Gasteiger partial charge in [-0.25, -0.2) is 0 Å². The molecular weight excluding hydrogens is 284 g/mol. The second kappa shape index (κ2) is 5.67. The number of aromatic hydroxyl groups is 2. The lowest BCUT2D eigenvalue weighted by Crippen LogP contribution is -2.19. The molecule has 0 aliphatic carbocycles. The fourth-order valence-electron chi connectivity index (χ4n) is 2.73. The van der Waals surface area contributed by atoms with Gasteiger partial charge in [0.05, 0.1) is 20.8 Å². The molecule has 22 heavy (non-hydrogen) atoms. The Bertz CT molecular complexity index is 696. The third-order valence-electron chi connectivity index (χ3n) is 3.94. The van der Waals surface area contributed by atoms with E-state index >= 15 is 0 Å². The molecule has 0 saturated carbocycles. The molecule has 0 amide bonds. The van der Waals surface area contributed by atoms with Crippen LogP contribution >= 0.6 is 0 Å². The zero-order valence-corrected chi connectivity index (χ0v) is 12.5. The van der Waals surface area contributed by atoms with Gasteiger partial charge in [-0.2, -0.15) is 0 Å². The van der Waals surface area contributed by atoms with Crippen molar-refractivity contribution in [2.75, 3.05) is 20.8 Å². The lowest BCUT2D eigenvalue weighted by Gasteiger charge is -2.26. The average Bonchev–Trinajstić information content (AvgIpc) is 2.55. The first-order chi connectivity index (χ1) is 10.6. The summed E-state index contributed by atoms with van der Waals surface area (Å²) >= 11 is 0. The first-order valence-electron chi connectivity index (χ1n) is 7.02. The Morgan fingerprint density at radius 1 is 1.00 bits per heavy atom. The predicted molar refractivity (Wildman–Crippen MR) is 81.3 cm³/mol. The maximum atomic E-state index is 9.64. The highest BCUT2D eigenvalue weighted by Crippen LogP contribution is 2.40. The highest BCUT2D eigenvalue weighted by molar-refractivity contribution is 5.51. The predicted octanol–water partition coefficient (Wildman–Crippen LogP) is 2.83. The van der Waals surface area contributed by atoms with E-state index in [0.717, 1.165) is 17.5 Å². The summed E-state index contributed by atoms with van der Waals surface area (Å²) in [6, 6.07) is 8.81. The standard InChI is InChI=1S/C17H18O5/c1-20-15-4-3-10(7-17(15)21-2)12-5-11-6-13(18)14(19)8-16(11)22-9-12/h3-4,6-8,12,18-19H,5,9H2,1-2H3/t12-/m1/s1. The number of phenols is 2. The molecule has 0 unspecified atom stereocenters. The van der Waals surface area contributed by atoms with Crippen LogP contribution in [0.15, 0.2) is 30.3 Å². The molecule has 0 radical (unpaired) electrons. The summed E-state index contributed by atoms with van der Waals surface area (Å²) in [5.41, 5.74) is 1.96. The van der Waals surface area contributed by atoms with E-state index in [1.807, 2.05) is 18.2 Å². The summed E-state index contributed by atoms with van der Waals surface area (Å²) in [6.07, 6.45) is 0.721. The molecule has 1 aliphatic heterocycles. The Hall–Kier alpha value is -2.56.